The zero-order valence-electron chi connectivity index (χ0n) is 18.1. The molecule has 164 valence electrons. The van der Waals surface area contributed by atoms with Gasteiger partial charge in [-0.3, -0.25) is 14.5 Å². The van der Waals surface area contributed by atoms with Gasteiger partial charge in [-0.25, -0.2) is 4.98 Å². The first kappa shape index (κ1) is 21.2. The molecule has 0 radical (unpaired) electrons. The summed E-state index contributed by atoms with van der Waals surface area (Å²) in [5.41, 5.74) is 0.137. The third-order valence-electron chi connectivity index (χ3n) is 7.20. The van der Waals surface area contributed by atoms with Gasteiger partial charge >= 0.3 is 5.97 Å². The lowest BCUT2D eigenvalue weighted by molar-refractivity contribution is -0.164. The normalized spacial score (nSPS) is 29.9. The smallest absolute Gasteiger partial charge is 0.314 e. The van der Waals surface area contributed by atoms with Crippen molar-refractivity contribution in [2.45, 2.75) is 45.6 Å². The molecular weight excluding hydrogens is 382 g/mol. The molecule has 3 aliphatic rings. The van der Waals surface area contributed by atoms with Gasteiger partial charge in [0.25, 0.3) is 0 Å². The summed E-state index contributed by atoms with van der Waals surface area (Å²) in [6, 6.07) is 4.25. The average molecular weight is 416 g/mol. The van der Waals surface area contributed by atoms with Crippen LogP contribution < -0.4 is 4.90 Å². The minimum absolute atomic E-state index is 0.0113. The Morgan fingerprint density at radius 2 is 2.03 bits per heavy atom. The number of rotatable bonds is 5. The van der Waals surface area contributed by atoms with Gasteiger partial charge in [-0.05, 0) is 57.6 Å². The molecule has 7 heteroatoms. The third kappa shape index (κ3) is 4.10. The van der Waals surface area contributed by atoms with Crippen LogP contribution in [0.2, 0.25) is 0 Å². The van der Waals surface area contributed by atoms with Gasteiger partial charge in [0, 0.05) is 44.0 Å². The van der Waals surface area contributed by atoms with Crippen LogP contribution in [0.3, 0.4) is 0 Å². The lowest BCUT2D eigenvalue weighted by Crippen LogP contribution is -2.59. The number of Topliss-reactive ketones (excluding diaryl/α,β-unsaturated/α-hetero) is 1. The van der Waals surface area contributed by atoms with Gasteiger partial charge in [-0.15, -0.1) is 0 Å². The molecule has 1 aromatic rings. The second-order valence-electron chi connectivity index (χ2n) is 8.82. The number of anilines is 1. The molecule has 0 spiro atoms. The van der Waals surface area contributed by atoms with Crippen LogP contribution in [0.4, 0.5) is 5.82 Å². The molecule has 1 saturated carbocycles. The molecule has 2 saturated heterocycles. The van der Waals surface area contributed by atoms with Gasteiger partial charge in [0.05, 0.1) is 25.2 Å². The lowest BCUT2D eigenvalue weighted by atomic mass is 9.61. The number of esters is 1. The average Bonchev–Trinajstić information content (AvgIpc) is 2.79. The summed E-state index contributed by atoms with van der Waals surface area (Å²) in [6.07, 6.45) is 5.50. The molecule has 0 N–H and O–H groups in total. The van der Waals surface area contributed by atoms with Crippen LogP contribution in [-0.2, 0) is 14.3 Å². The molecule has 0 amide bonds. The van der Waals surface area contributed by atoms with Crippen molar-refractivity contribution in [3.05, 3.63) is 23.9 Å². The molecule has 2 aliphatic heterocycles. The van der Waals surface area contributed by atoms with E-state index in [1.807, 2.05) is 19.1 Å². The number of hydrogen-bond donors (Lipinski definition) is 0. The van der Waals surface area contributed by atoms with Crippen molar-refractivity contribution in [3.8, 4) is 0 Å². The fraction of sp³-hybridized carbons (Fsp3) is 0.696. The Morgan fingerprint density at radius 3 is 2.70 bits per heavy atom. The first-order valence-electron chi connectivity index (χ1n) is 11.2. The van der Waals surface area contributed by atoms with E-state index in [4.69, 9.17) is 9.47 Å². The molecule has 7 nitrogen and oxygen atoms in total. The van der Waals surface area contributed by atoms with Crippen molar-refractivity contribution < 1.29 is 19.1 Å². The molecule has 1 aromatic heterocycles. The molecule has 30 heavy (non-hydrogen) atoms. The predicted molar refractivity (Wildman–Crippen MR) is 114 cm³/mol. The summed E-state index contributed by atoms with van der Waals surface area (Å²) in [7, 11) is 0. The number of piperidine rings is 1. The van der Waals surface area contributed by atoms with Crippen LogP contribution in [0, 0.1) is 11.3 Å². The number of morpholine rings is 1. The van der Waals surface area contributed by atoms with Crippen molar-refractivity contribution in [1.29, 1.82) is 0 Å². The summed E-state index contributed by atoms with van der Waals surface area (Å²) in [5, 5.41) is 0. The van der Waals surface area contributed by atoms with Gasteiger partial charge in [-0.2, -0.15) is 0 Å². The maximum Gasteiger partial charge on any atom is 0.314 e. The quantitative estimate of drug-likeness (QED) is 0.541. The van der Waals surface area contributed by atoms with E-state index >= 15 is 0 Å². The van der Waals surface area contributed by atoms with Gasteiger partial charge < -0.3 is 14.4 Å². The van der Waals surface area contributed by atoms with Crippen LogP contribution in [0.15, 0.2) is 18.3 Å². The molecule has 3 atom stereocenters. The van der Waals surface area contributed by atoms with E-state index in [9.17, 15) is 9.59 Å². The molecule has 3 heterocycles. The van der Waals surface area contributed by atoms with Crippen LogP contribution in [0.5, 0.6) is 0 Å². The number of carbonyl (C=O) groups excluding carboxylic acids is 2. The minimum atomic E-state index is -0.474. The molecule has 0 unspecified atom stereocenters. The second-order valence-corrected chi connectivity index (χ2v) is 8.82. The van der Waals surface area contributed by atoms with Crippen LogP contribution >= 0.6 is 0 Å². The zero-order chi connectivity index (χ0) is 21.1. The first-order valence-corrected chi connectivity index (χ1v) is 11.2. The fourth-order valence-electron chi connectivity index (χ4n) is 5.49. The Hall–Kier alpha value is -1.99. The number of hydrogen-bond acceptors (Lipinski definition) is 7. The zero-order valence-corrected chi connectivity index (χ0v) is 18.1. The molecule has 0 aromatic carbocycles. The lowest BCUT2D eigenvalue weighted by Gasteiger charge is -2.52. The van der Waals surface area contributed by atoms with Gasteiger partial charge in [0.15, 0.2) is 5.78 Å². The summed E-state index contributed by atoms with van der Waals surface area (Å²) >= 11 is 0. The monoisotopic (exact) mass is 415 g/mol. The first-order chi connectivity index (χ1) is 14.5. The highest BCUT2D eigenvalue weighted by Crippen LogP contribution is 2.49. The van der Waals surface area contributed by atoms with E-state index in [0.29, 0.717) is 30.7 Å². The number of aromatic nitrogens is 1. The van der Waals surface area contributed by atoms with Gasteiger partial charge in [0.2, 0.25) is 0 Å². The molecule has 0 bridgehead atoms. The summed E-state index contributed by atoms with van der Waals surface area (Å²) in [4.78, 5) is 34.0. The number of nitrogens with zero attached hydrogens (tertiary/aromatic N) is 3. The molecular formula is C23H33N3O4. The summed E-state index contributed by atoms with van der Waals surface area (Å²) < 4.78 is 11.1. The predicted octanol–water partition coefficient (Wildman–Crippen LogP) is 2.54. The Labute approximate surface area is 178 Å². The Balaban J connectivity index is 1.53. The standard InChI is InChI=1S/C23H33N3O4/c1-3-30-22(28)23-8-6-20(25-10-12-29-13-11-25)14-19(23)7-9-26(16-23)21-5-4-18(15-24-21)17(2)27/h4-5,15,19-20H,3,6-14,16H2,1-2H3/t19-,20-,23-/m1/s1. The molecule has 4 rings (SSSR count). The van der Waals surface area contributed by atoms with Gasteiger partial charge in [-0.1, -0.05) is 0 Å². The Kier molecular flexibility index (Phi) is 6.39. The van der Waals surface area contributed by atoms with Gasteiger partial charge in [0.1, 0.15) is 5.82 Å². The maximum atomic E-state index is 13.2. The highest BCUT2D eigenvalue weighted by Gasteiger charge is 2.53. The Morgan fingerprint density at radius 1 is 1.23 bits per heavy atom. The van der Waals surface area contributed by atoms with Crippen molar-refractivity contribution in [1.82, 2.24) is 9.88 Å². The fourth-order valence-corrected chi connectivity index (χ4v) is 5.49. The number of carbonyl (C=O) groups is 2. The third-order valence-corrected chi connectivity index (χ3v) is 7.20. The van der Waals surface area contributed by atoms with E-state index in [1.165, 1.54) is 0 Å². The van der Waals surface area contributed by atoms with Crippen LogP contribution in [0.1, 0.15) is 49.9 Å². The summed E-state index contributed by atoms with van der Waals surface area (Å²) in [6.45, 7) is 8.93. The topological polar surface area (TPSA) is 72.0 Å². The second kappa shape index (κ2) is 9.02. The SMILES string of the molecule is CCOC(=O)[C@@]12CC[C@@H](N3CCOCC3)C[C@H]1CCN(c1ccc(C(C)=O)cn1)C2. The maximum absolute atomic E-state index is 13.2. The van der Waals surface area contributed by atoms with Crippen molar-refractivity contribution in [2.24, 2.45) is 11.3 Å². The Bertz CT molecular complexity index is 762. The van der Waals surface area contributed by atoms with E-state index in [0.717, 1.165) is 64.3 Å². The molecule has 1 aliphatic carbocycles. The summed E-state index contributed by atoms with van der Waals surface area (Å²) in [5.74, 6) is 1.11. The highest BCUT2D eigenvalue weighted by molar-refractivity contribution is 5.93. The van der Waals surface area contributed by atoms with Crippen molar-refractivity contribution in [3.63, 3.8) is 0 Å². The number of fused-ring (bicyclic) bond motifs is 1. The van der Waals surface area contributed by atoms with E-state index in [-0.39, 0.29) is 11.8 Å². The molecule has 3 fully saturated rings. The number of ether oxygens (including phenoxy) is 2. The minimum Gasteiger partial charge on any atom is -0.466 e. The highest BCUT2D eigenvalue weighted by atomic mass is 16.5. The van der Waals surface area contributed by atoms with Crippen molar-refractivity contribution in [2.75, 3.05) is 50.9 Å². The van der Waals surface area contributed by atoms with E-state index in [2.05, 4.69) is 14.8 Å². The van der Waals surface area contributed by atoms with Crippen molar-refractivity contribution >= 4 is 17.6 Å². The number of pyridine rings is 1. The van der Waals surface area contributed by atoms with E-state index < -0.39 is 5.41 Å². The van der Waals surface area contributed by atoms with E-state index in [1.54, 1.807) is 13.1 Å². The number of ketones is 1. The van der Waals surface area contributed by atoms with Crippen LogP contribution in [-0.4, -0.2) is 73.7 Å². The van der Waals surface area contributed by atoms with Crippen LogP contribution in [0.25, 0.3) is 0 Å². The largest absolute Gasteiger partial charge is 0.466 e.